The molecule has 0 amide bonds. The Kier molecular flexibility index (Phi) is 4.66. The minimum Gasteiger partial charge on any atom is -0.382 e. The molecule has 158 valence electrons. The molecule has 0 bridgehead atoms. The molecule has 3 aromatic rings. The number of nitrogen functional groups attached to an aromatic ring is 1. The first-order chi connectivity index (χ1) is 14.4. The highest BCUT2D eigenvalue weighted by atomic mass is 19.1. The first-order valence-electron chi connectivity index (χ1n) is 9.67. The maximum atomic E-state index is 13.1. The summed E-state index contributed by atoms with van der Waals surface area (Å²) in [7, 11) is 0. The molecule has 1 aromatic carbocycles. The second-order valence-electron chi connectivity index (χ2n) is 7.85. The topological polar surface area (TPSA) is 107 Å². The first kappa shape index (κ1) is 19.3. The van der Waals surface area contributed by atoms with E-state index in [4.69, 9.17) is 24.7 Å². The van der Waals surface area contributed by atoms with E-state index in [9.17, 15) is 4.39 Å². The van der Waals surface area contributed by atoms with Crippen LogP contribution in [-0.4, -0.2) is 50.2 Å². The van der Waals surface area contributed by atoms with E-state index in [-0.39, 0.29) is 30.7 Å². The Bertz CT molecular complexity index is 1060. The van der Waals surface area contributed by atoms with Crippen LogP contribution in [0, 0.1) is 5.82 Å². The molecule has 2 N–H and O–H groups in total. The van der Waals surface area contributed by atoms with Crippen LogP contribution < -0.4 is 5.73 Å². The summed E-state index contributed by atoms with van der Waals surface area (Å²) in [5.74, 6) is -0.729. The Morgan fingerprint density at radius 3 is 2.70 bits per heavy atom. The number of halogens is 1. The fraction of sp³-hybridized carbons (Fsp3) is 0.450. The van der Waals surface area contributed by atoms with Gasteiger partial charge in [-0.15, -0.1) is 0 Å². The summed E-state index contributed by atoms with van der Waals surface area (Å²) < 4.78 is 39.2. The predicted molar refractivity (Wildman–Crippen MR) is 104 cm³/mol. The number of ether oxygens (including phenoxy) is 4. The summed E-state index contributed by atoms with van der Waals surface area (Å²) in [6.45, 7) is 4.36. The molecule has 2 aliphatic rings. The van der Waals surface area contributed by atoms with Crippen molar-refractivity contribution < 1.29 is 23.3 Å². The number of nitrogens with two attached hydrogens (primary N) is 1. The zero-order valence-electron chi connectivity index (χ0n) is 16.6. The maximum Gasteiger partial charge on any atom is 0.167 e. The van der Waals surface area contributed by atoms with Crippen LogP contribution in [-0.2, 0) is 25.6 Å². The lowest BCUT2D eigenvalue weighted by Crippen LogP contribution is -2.32. The SMILES string of the molecule is CC1(C)O[C@@H]2[C@H](O1)[C@@H](COCc1ccc(F)cc1)O[C@H]2n1cnc2c(N)ncnc21. The highest BCUT2D eigenvalue weighted by Gasteiger charge is 2.56. The molecule has 2 saturated heterocycles. The van der Waals surface area contributed by atoms with Crippen LogP contribution in [0.5, 0.6) is 0 Å². The number of nitrogens with zero attached hydrogens (tertiary/aromatic N) is 4. The maximum absolute atomic E-state index is 13.1. The smallest absolute Gasteiger partial charge is 0.167 e. The standard InChI is InChI=1S/C20H22FN5O4/c1-20(2)29-15-13(8-27-7-11-3-5-12(21)6-4-11)28-19(16(15)30-20)26-10-25-14-17(22)23-9-24-18(14)26/h3-6,9-10,13,15-16,19H,7-8H2,1-2H3,(H2,22,23,24)/t13-,15-,16-,19-/m1/s1. The molecule has 0 radical (unpaired) electrons. The van der Waals surface area contributed by atoms with E-state index in [2.05, 4.69) is 15.0 Å². The lowest BCUT2D eigenvalue weighted by molar-refractivity contribution is -0.202. The van der Waals surface area contributed by atoms with E-state index >= 15 is 0 Å². The molecule has 4 atom stereocenters. The lowest BCUT2D eigenvalue weighted by atomic mass is 10.1. The highest BCUT2D eigenvalue weighted by Crippen LogP contribution is 2.43. The van der Waals surface area contributed by atoms with Gasteiger partial charge in [0.1, 0.15) is 36.0 Å². The monoisotopic (exact) mass is 415 g/mol. The van der Waals surface area contributed by atoms with Crippen molar-refractivity contribution in [2.75, 3.05) is 12.3 Å². The van der Waals surface area contributed by atoms with Gasteiger partial charge in [-0.05, 0) is 31.5 Å². The highest BCUT2D eigenvalue weighted by molar-refractivity contribution is 5.81. The van der Waals surface area contributed by atoms with E-state index in [1.54, 1.807) is 23.0 Å². The fourth-order valence-corrected chi connectivity index (χ4v) is 3.95. The van der Waals surface area contributed by atoms with Gasteiger partial charge < -0.3 is 24.7 Å². The third-order valence-corrected chi connectivity index (χ3v) is 5.25. The van der Waals surface area contributed by atoms with Gasteiger partial charge >= 0.3 is 0 Å². The van der Waals surface area contributed by atoms with Crippen LogP contribution in [0.1, 0.15) is 25.6 Å². The number of fused-ring (bicyclic) bond motifs is 2. The third kappa shape index (κ3) is 3.41. The van der Waals surface area contributed by atoms with Crippen LogP contribution >= 0.6 is 0 Å². The second-order valence-corrected chi connectivity index (χ2v) is 7.85. The molecule has 5 rings (SSSR count). The number of rotatable bonds is 5. The average molecular weight is 415 g/mol. The number of hydrogen-bond donors (Lipinski definition) is 1. The predicted octanol–water partition coefficient (Wildman–Crippen LogP) is 2.18. The molecule has 0 saturated carbocycles. The second kappa shape index (κ2) is 7.24. The van der Waals surface area contributed by atoms with Crippen molar-refractivity contribution in [3.8, 4) is 0 Å². The molecule has 0 spiro atoms. The van der Waals surface area contributed by atoms with Gasteiger partial charge in [-0.1, -0.05) is 12.1 Å². The van der Waals surface area contributed by atoms with Gasteiger partial charge in [0.25, 0.3) is 0 Å². The van der Waals surface area contributed by atoms with E-state index in [0.717, 1.165) is 5.56 Å². The van der Waals surface area contributed by atoms with Crippen molar-refractivity contribution in [1.29, 1.82) is 0 Å². The zero-order valence-corrected chi connectivity index (χ0v) is 16.6. The number of hydrogen-bond acceptors (Lipinski definition) is 8. The van der Waals surface area contributed by atoms with Gasteiger partial charge in [-0.25, -0.2) is 19.3 Å². The zero-order chi connectivity index (χ0) is 20.9. The molecule has 2 aromatic heterocycles. The van der Waals surface area contributed by atoms with E-state index in [1.165, 1.54) is 18.5 Å². The molecule has 0 aliphatic carbocycles. The normalized spacial score (nSPS) is 27.6. The van der Waals surface area contributed by atoms with Gasteiger partial charge in [0, 0.05) is 0 Å². The van der Waals surface area contributed by atoms with Crippen molar-refractivity contribution in [3.05, 3.63) is 48.3 Å². The summed E-state index contributed by atoms with van der Waals surface area (Å²) in [6, 6.07) is 6.20. The van der Waals surface area contributed by atoms with Crippen molar-refractivity contribution in [1.82, 2.24) is 19.5 Å². The Morgan fingerprint density at radius 1 is 1.13 bits per heavy atom. The van der Waals surface area contributed by atoms with Crippen LogP contribution in [0.25, 0.3) is 11.2 Å². The molecular formula is C20H22FN5O4. The molecule has 10 heteroatoms. The van der Waals surface area contributed by atoms with Crippen molar-refractivity contribution >= 4 is 17.0 Å². The molecule has 2 fully saturated rings. The fourth-order valence-electron chi connectivity index (χ4n) is 3.95. The molecule has 30 heavy (non-hydrogen) atoms. The molecule has 9 nitrogen and oxygen atoms in total. The van der Waals surface area contributed by atoms with Gasteiger partial charge in [0.05, 0.1) is 19.5 Å². The van der Waals surface area contributed by atoms with Crippen molar-refractivity contribution in [2.24, 2.45) is 0 Å². The summed E-state index contributed by atoms with van der Waals surface area (Å²) in [4.78, 5) is 12.6. The Morgan fingerprint density at radius 2 is 1.90 bits per heavy atom. The van der Waals surface area contributed by atoms with Crippen molar-refractivity contribution in [2.45, 2.75) is 50.8 Å². The minimum atomic E-state index is -0.753. The quantitative estimate of drug-likeness (QED) is 0.676. The summed E-state index contributed by atoms with van der Waals surface area (Å²) >= 11 is 0. The third-order valence-electron chi connectivity index (χ3n) is 5.25. The minimum absolute atomic E-state index is 0.278. The molecule has 4 heterocycles. The Labute approximate surface area is 171 Å². The summed E-state index contributed by atoms with van der Waals surface area (Å²) in [5.41, 5.74) is 7.85. The first-order valence-corrected chi connectivity index (χ1v) is 9.67. The van der Waals surface area contributed by atoms with Crippen LogP contribution in [0.2, 0.25) is 0 Å². The van der Waals surface area contributed by atoms with Crippen LogP contribution in [0.15, 0.2) is 36.9 Å². The van der Waals surface area contributed by atoms with Gasteiger partial charge in [0.2, 0.25) is 0 Å². The summed E-state index contributed by atoms with van der Waals surface area (Å²) in [6.07, 6.45) is 1.45. The van der Waals surface area contributed by atoms with Crippen LogP contribution in [0.3, 0.4) is 0 Å². The van der Waals surface area contributed by atoms with E-state index in [1.807, 2.05) is 13.8 Å². The van der Waals surface area contributed by atoms with Gasteiger partial charge in [0.15, 0.2) is 23.5 Å². The average Bonchev–Trinajstić information content (AvgIpc) is 3.36. The number of imidazole rings is 1. The van der Waals surface area contributed by atoms with E-state index < -0.39 is 12.0 Å². The van der Waals surface area contributed by atoms with Crippen molar-refractivity contribution in [3.63, 3.8) is 0 Å². The number of aromatic nitrogens is 4. The number of anilines is 1. The van der Waals surface area contributed by atoms with Gasteiger partial charge in [-0.3, -0.25) is 4.57 Å². The Balaban J connectivity index is 1.35. The molecule has 0 unspecified atom stereocenters. The Hall–Kier alpha value is -2.66. The molecule has 2 aliphatic heterocycles. The number of benzene rings is 1. The molecular weight excluding hydrogens is 393 g/mol. The van der Waals surface area contributed by atoms with Gasteiger partial charge in [-0.2, -0.15) is 0 Å². The lowest BCUT2D eigenvalue weighted by Gasteiger charge is -2.24. The summed E-state index contributed by atoms with van der Waals surface area (Å²) in [5, 5.41) is 0. The van der Waals surface area contributed by atoms with Crippen LogP contribution in [0.4, 0.5) is 10.2 Å². The largest absolute Gasteiger partial charge is 0.382 e. The van der Waals surface area contributed by atoms with E-state index in [0.29, 0.717) is 23.6 Å².